The van der Waals surface area contributed by atoms with Crippen LogP contribution in [0.25, 0.3) is 6.08 Å². The lowest BCUT2D eigenvalue weighted by molar-refractivity contribution is -0.111. The van der Waals surface area contributed by atoms with Crippen LogP contribution in [-0.4, -0.2) is 31.7 Å². The zero-order valence-corrected chi connectivity index (χ0v) is 15.5. The minimum absolute atomic E-state index is 0.168. The van der Waals surface area contributed by atoms with Gasteiger partial charge < -0.3 is 5.32 Å². The van der Waals surface area contributed by atoms with Gasteiger partial charge in [-0.3, -0.25) is 4.79 Å². The first-order valence-electron chi connectivity index (χ1n) is 8.22. The second kappa shape index (κ2) is 8.73. The largest absolute Gasteiger partial charge is 0.323 e. The molecule has 7 heteroatoms. The van der Waals surface area contributed by atoms with Gasteiger partial charge >= 0.3 is 0 Å². The molecule has 0 radical (unpaired) electrons. The van der Waals surface area contributed by atoms with Crippen LogP contribution in [-0.2, 0) is 14.8 Å². The van der Waals surface area contributed by atoms with Crippen molar-refractivity contribution in [2.75, 3.05) is 18.4 Å². The summed E-state index contributed by atoms with van der Waals surface area (Å²) in [5.41, 5.74) is 0.759. The maximum absolute atomic E-state index is 13.5. The topological polar surface area (TPSA) is 66.5 Å². The summed E-state index contributed by atoms with van der Waals surface area (Å²) in [6.07, 6.45) is 2.60. The number of hydrogen-bond acceptors (Lipinski definition) is 3. The molecule has 0 atom stereocenters. The third-order valence-corrected chi connectivity index (χ3v) is 5.85. The first kappa shape index (κ1) is 19.8. The first-order valence-corrected chi connectivity index (χ1v) is 9.66. The Bertz CT molecular complexity index is 889. The highest BCUT2D eigenvalue weighted by Gasteiger charge is 2.21. The molecule has 26 heavy (non-hydrogen) atoms. The number of benzene rings is 2. The normalized spacial score (nSPS) is 11.8. The Kier molecular flexibility index (Phi) is 6.65. The van der Waals surface area contributed by atoms with Gasteiger partial charge in [0.2, 0.25) is 15.9 Å². The zero-order valence-electron chi connectivity index (χ0n) is 14.6. The van der Waals surface area contributed by atoms with Crippen LogP contribution < -0.4 is 5.32 Å². The van der Waals surface area contributed by atoms with Crippen LogP contribution in [0.5, 0.6) is 0 Å². The van der Waals surface area contributed by atoms with Crippen molar-refractivity contribution >= 4 is 27.7 Å². The summed E-state index contributed by atoms with van der Waals surface area (Å²) < 4.78 is 39.7. The number of halogens is 1. The van der Waals surface area contributed by atoms with E-state index >= 15 is 0 Å². The fourth-order valence-electron chi connectivity index (χ4n) is 2.38. The Labute approximate surface area is 153 Å². The molecule has 0 saturated carbocycles. The fraction of sp³-hybridized carbons (Fsp3) is 0.211. The van der Waals surface area contributed by atoms with Crippen LogP contribution in [0.2, 0.25) is 0 Å². The van der Waals surface area contributed by atoms with Crippen molar-refractivity contribution in [2.24, 2.45) is 0 Å². The van der Waals surface area contributed by atoms with Crippen molar-refractivity contribution in [3.8, 4) is 0 Å². The van der Waals surface area contributed by atoms with E-state index in [-0.39, 0.29) is 4.90 Å². The van der Waals surface area contributed by atoms with Gasteiger partial charge in [-0.2, -0.15) is 4.31 Å². The smallest absolute Gasteiger partial charge is 0.248 e. The molecule has 0 saturated heterocycles. The van der Waals surface area contributed by atoms with E-state index in [1.807, 2.05) is 0 Å². The van der Waals surface area contributed by atoms with Gasteiger partial charge in [0.25, 0.3) is 0 Å². The van der Waals surface area contributed by atoms with Crippen LogP contribution in [0.3, 0.4) is 0 Å². The highest BCUT2D eigenvalue weighted by molar-refractivity contribution is 7.89. The fourth-order valence-corrected chi connectivity index (χ4v) is 3.84. The van der Waals surface area contributed by atoms with Crippen molar-refractivity contribution < 1.29 is 17.6 Å². The lowest BCUT2D eigenvalue weighted by atomic mass is 10.2. The number of carbonyl (C=O) groups is 1. The molecule has 0 aliphatic rings. The summed E-state index contributed by atoms with van der Waals surface area (Å²) >= 11 is 0. The van der Waals surface area contributed by atoms with E-state index < -0.39 is 21.7 Å². The average Bonchev–Trinajstić information content (AvgIpc) is 2.62. The summed E-state index contributed by atoms with van der Waals surface area (Å²) in [5.74, 6) is -0.852. The number of sulfonamides is 1. The molecular weight excluding hydrogens is 355 g/mol. The van der Waals surface area contributed by atoms with E-state index in [1.54, 1.807) is 32.0 Å². The Morgan fingerprint density at radius 3 is 2.27 bits per heavy atom. The van der Waals surface area contributed by atoms with E-state index in [2.05, 4.69) is 5.32 Å². The molecule has 2 aromatic carbocycles. The van der Waals surface area contributed by atoms with Gasteiger partial charge in [0.15, 0.2) is 0 Å². The van der Waals surface area contributed by atoms with E-state index in [1.165, 1.54) is 46.8 Å². The first-order chi connectivity index (χ1) is 12.4. The summed E-state index contributed by atoms with van der Waals surface area (Å²) in [5, 5.41) is 2.61. The van der Waals surface area contributed by atoms with Crippen LogP contribution in [0, 0.1) is 5.82 Å². The zero-order chi connectivity index (χ0) is 19.2. The number of rotatable bonds is 7. The van der Waals surface area contributed by atoms with Crippen LogP contribution >= 0.6 is 0 Å². The monoisotopic (exact) mass is 376 g/mol. The Morgan fingerprint density at radius 1 is 1.08 bits per heavy atom. The lowest BCUT2D eigenvalue weighted by Crippen LogP contribution is -2.30. The molecule has 0 aliphatic heterocycles. The number of nitrogens with zero attached hydrogens (tertiary/aromatic N) is 1. The molecular formula is C19H21FN2O3S. The van der Waals surface area contributed by atoms with Gasteiger partial charge in [0.1, 0.15) is 5.82 Å². The molecule has 2 aromatic rings. The molecule has 0 aromatic heterocycles. The molecule has 0 aliphatic carbocycles. The number of nitrogens with one attached hydrogen (secondary N) is 1. The third-order valence-electron chi connectivity index (χ3n) is 3.78. The van der Waals surface area contributed by atoms with Crippen LogP contribution in [0.4, 0.5) is 10.1 Å². The minimum atomic E-state index is -3.53. The predicted molar refractivity (Wildman–Crippen MR) is 101 cm³/mol. The molecule has 0 heterocycles. The van der Waals surface area contributed by atoms with E-state index in [0.717, 1.165) is 0 Å². The van der Waals surface area contributed by atoms with Gasteiger partial charge in [-0.1, -0.05) is 32.0 Å². The molecule has 0 unspecified atom stereocenters. The molecule has 0 fully saturated rings. The van der Waals surface area contributed by atoms with Gasteiger partial charge in [-0.25, -0.2) is 12.8 Å². The molecule has 1 amide bonds. The second-order valence-electron chi connectivity index (χ2n) is 5.46. The molecule has 2 rings (SSSR count). The molecule has 0 spiro atoms. The number of carbonyl (C=O) groups excluding carboxylic acids is 1. The quantitative estimate of drug-likeness (QED) is 0.752. The van der Waals surface area contributed by atoms with Gasteiger partial charge in [-0.05, 0) is 36.4 Å². The number of anilines is 1. The molecule has 138 valence electrons. The number of hydrogen-bond donors (Lipinski definition) is 1. The summed E-state index contributed by atoms with van der Waals surface area (Å²) in [7, 11) is -3.53. The van der Waals surface area contributed by atoms with Crippen molar-refractivity contribution in [3.05, 3.63) is 66.0 Å². The Balaban J connectivity index is 2.07. The van der Waals surface area contributed by atoms with Crippen molar-refractivity contribution in [2.45, 2.75) is 18.7 Å². The molecule has 5 nitrogen and oxygen atoms in total. The summed E-state index contributed by atoms with van der Waals surface area (Å²) in [6, 6.07) is 12.1. The van der Waals surface area contributed by atoms with E-state index in [9.17, 15) is 17.6 Å². The van der Waals surface area contributed by atoms with Crippen LogP contribution in [0.1, 0.15) is 19.4 Å². The van der Waals surface area contributed by atoms with Crippen molar-refractivity contribution in [1.29, 1.82) is 0 Å². The number of amides is 1. The average molecular weight is 376 g/mol. The SMILES string of the molecule is CCN(CC)S(=O)(=O)c1ccc(NC(=O)/C=C/c2ccccc2F)cc1. The van der Waals surface area contributed by atoms with E-state index in [4.69, 9.17) is 0 Å². The third kappa shape index (κ3) is 4.77. The minimum Gasteiger partial charge on any atom is -0.323 e. The lowest BCUT2D eigenvalue weighted by Gasteiger charge is -2.18. The predicted octanol–water partition coefficient (Wildman–Crippen LogP) is 3.51. The van der Waals surface area contributed by atoms with Gasteiger partial charge in [0.05, 0.1) is 4.90 Å². The Hall–Kier alpha value is -2.51. The Morgan fingerprint density at radius 2 is 1.69 bits per heavy atom. The summed E-state index contributed by atoms with van der Waals surface area (Å²) in [6.45, 7) is 4.32. The highest BCUT2D eigenvalue weighted by Crippen LogP contribution is 2.18. The van der Waals surface area contributed by atoms with Gasteiger partial charge in [0, 0.05) is 30.4 Å². The van der Waals surface area contributed by atoms with Crippen LogP contribution in [0.15, 0.2) is 59.5 Å². The highest BCUT2D eigenvalue weighted by atomic mass is 32.2. The maximum atomic E-state index is 13.5. The molecule has 0 bridgehead atoms. The van der Waals surface area contributed by atoms with E-state index in [0.29, 0.717) is 24.3 Å². The molecule has 1 N–H and O–H groups in total. The van der Waals surface area contributed by atoms with Crippen molar-refractivity contribution in [1.82, 2.24) is 4.31 Å². The van der Waals surface area contributed by atoms with Gasteiger partial charge in [-0.15, -0.1) is 0 Å². The summed E-state index contributed by atoms with van der Waals surface area (Å²) in [4.78, 5) is 12.1. The second-order valence-corrected chi connectivity index (χ2v) is 7.40. The standard InChI is InChI=1S/C19H21FN2O3S/c1-3-22(4-2)26(24,25)17-12-10-16(11-13-17)21-19(23)14-9-15-7-5-6-8-18(15)20/h5-14H,3-4H2,1-2H3,(H,21,23)/b14-9+. The maximum Gasteiger partial charge on any atom is 0.248 e. The van der Waals surface area contributed by atoms with Crippen molar-refractivity contribution in [3.63, 3.8) is 0 Å².